The van der Waals surface area contributed by atoms with Gasteiger partial charge in [0.05, 0.1) is 18.7 Å². The van der Waals surface area contributed by atoms with Gasteiger partial charge in [0.1, 0.15) is 0 Å². The summed E-state index contributed by atoms with van der Waals surface area (Å²) in [6.45, 7) is 0.529. The SMILES string of the molecule is COC1CCCC(N(C)CC#N)C1. The highest BCUT2D eigenvalue weighted by atomic mass is 16.5. The Hall–Kier alpha value is -0.590. The molecule has 13 heavy (non-hydrogen) atoms. The van der Waals surface area contributed by atoms with Crippen LogP contribution in [0.25, 0.3) is 0 Å². The summed E-state index contributed by atoms with van der Waals surface area (Å²) in [5, 5.41) is 8.57. The zero-order valence-corrected chi connectivity index (χ0v) is 8.49. The van der Waals surface area contributed by atoms with Crippen molar-refractivity contribution in [1.29, 1.82) is 5.26 Å². The molecule has 74 valence electrons. The third-order valence-electron chi connectivity index (χ3n) is 2.88. The predicted octanol–water partition coefficient (Wildman–Crippen LogP) is 1.40. The number of hydrogen-bond donors (Lipinski definition) is 0. The lowest BCUT2D eigenvalue weighted by Crippen LogP contribution is -2.38. The molecule has 0 aromatic carbocycles. The van der Waals surface area contributed by atoms with Gasteiger partial charge in [-0.05, 0) is 32.7 Å². The molecule has 0 heterocycles. The van der Waals surface area contributed by atoms with Crippen molar-refractivity contribution in [2.45, 2.75) is 37.8 Å². The minimum atomic E-state index is 0.403. The fourth-order valence-electron chi connectivity index (χ4n) is 1.98. The lowest BCUT2D eigenvalue weighted by molar-refractivity contribution is 0.0375. The highest BCUT2D eigenvalue weighted by Crippen LogP contribution is 2.23. The van der Waals surface area contributed by atoms with Crippen LogP contribution in [-0.2, 0) is 4.74 Å². The summed E-state index contributed by atoms with van der Waals surface area (Å²) in [4.78, 5) is 2.13. The van der Waals surface area contributed by atoms with E-state index in [1.165, 1.54) is 19.3 Å². The molecule has 0 saturated heterocycles. The molecule has 3 nitrogen and oxygen atoms in total. The van der Waals surface area contributed by atoms with Gasteiger partial charge in [-0.3, -0.25) is 4.90 Å². The monoisotopic (exact) mass is 182 g/mol. The van der Waals surface area contributed by atoms with Crippen molar-refractivity contribution in [3.05, 3.63) is 0 Å². The van der Waals surface area contributed by atoms with Gasteiger partial charge < -0.3 is 4.74 Å². The van der Waals surface area contributed by atoms with Crippen molar-refractivity contribution in [2.24, 2.45) is 0 Å². The number of rotatable bonds is 3. The minimum Gasteiger partial charge on any atom is -0.381 e. The maximum atomic E-state index is 8.57. The lowest BCUT2D eigenvalue weighted by Gasteiger charge is -2.33. The molecular formula is C10H18N2O. The van der Waals surface area contributed by atoms with Crippen LogP contribution in [0.1, 0.15) is 25.7 Å². The van der Waals surface area contributed by atoms with Gasteiger partial charge in [-0.2, -0.15) is 5.26 Å². The third-order valence-corrected chi connectivity index (χ3v) is 2.88. The van der Waals surface area contributed by atoms with Gasteiger partial charge in [0.25, 0.3) is 0 Å². The average molecular weight is 182 g/mol. The molecule has 0 N–H and O–H groups in total. The fourth-order valence-corrected chi connectivity index (χ4v) is 1.98. The first-order chi connectivity index (χ1) is 6.27. The Balaban J connectivity index is 2.37. The van der Waals surface area contributed by atoms with E-state index in [1.54, 1.807) is 7.11 Å². The summed E-state index contributed by atoms with van der Waals surface area (Å²) in [6.07, 6.45) is 5.08. The Morgan fingerprint density at radius 1 is 1.54 bits per heavy atom. The van der Waals surface area contributed by atoms with E-state index in [0.717, 1.165) is 6.42 Å². The van der Waals surface area contributed by atoms with Gasteiger partial charge in [0, 0.05) is 13.2 Å². The molecule has 0 aromatic heterocycles. The first kappa shape index (κ1) is 10.5. The van der Waals surface area contributed by atoms with Gasteiger partial charge in [0.2, 0.25) is 0 Å². The van der Waals surface area contributed by atoms with E-state index in [2.05, 4.69) is 11.0 Å². The second kappa shape index (κ2) is 5.21. The van der Waals surface area contributed by atoms with E-state index >= 15 is 0 Å². The second-order valence-corrected chi connectivity index (χ2v) is 3.75. The van der Waals surface area contributed by atoms with Crippen LogP contribution in [0, 0.1) is 11.3 Å². The molecule has 1 rings (SSSR count). The molecule has 0 bridgehead atoms. The molecular weight excluding hydrogens is 164 g/mol. The van der Waals surface area contributed by atoms with Gasteiger partial charge in [-0.1, -0.05) is 0 Å². The van der Waals surface area contributed by atoms with E-state index in [4.69, 9.17) is 10.00 Å². The standard InChI is InChI=1S/C10H18N2O/c1-12(7-6-11)9-4-3-5-10(8-9)13-2/h9-10H,3-5,7-8H2,1-2H3. The van der Waals surface area contributed by atoms with Crippen LogP contribution in [-0.4, -0.2) is 37.7 Å². The Kier molecular flexibility index (Phi) is 4.20. The van der Waals surface area contributed by atoms with Crippen molar-refractivity contribution < 1.29 is 4.74 Å². The molecule has 2 atom stereocenters. The summed E-state index contributed by atoms with van der Waals surface area (Å²) in [5.41, 5.74) is 0. The summed E-state index contributed by atoms with van der Waals surface area (Å²) in [6, 6.07) is 2.72. The average Bonchev–Trinajstić information content (AvgIpc) is 2.18. The van der Waals surface area contributed by atoms with Gasteiger partial charge >= 0.3 is 0 Å². The normalized spacial score (nSPS) is 28.8. The van der Waals surface area contributed by atoms with Crippen LogP contribution in [0.15, 0.2) is 0 Å². The van der Waals surface area contributed by atoms with E-state index < -0.39 is 0 Å². The highest BCUT2D eigenvalue weighted by molar-refractivity contribution is 4.84. The van der Waals surface area contributed by atoms with Gasteiger partial charge in [0.15, 0.2) is 0 Å². The molecule has 3 heteroatoms. The number of nitrogens with zero attached hydrogens (tertiary/aromatic N) is 2. The molecule has 2 unspecified atom stereocenters. The molecule has 0 radical (unpaired) electrons. The zero-order valence-electron chi connectivity index (χ0n) is 8.49. The maximum Gasteiger partial charge on any atom is 0.0865 e. The summed E-state index contributed by atoms with van der Waals surface area (Å²) >= 11 is 0. The predicted molar refractivity (Wildman–Crippen MR) is 51.3 cm³/mol. The van der Waals surface area contributed by atoms with Crippen molar-refractivity contribution in [1.82, 2.24) is 4.90 Å². The first-order valence-corrected chi connectivity index (χ1v) is 4.88. The third kappa shape index (κ3) is 2.98. The zero-order chi connectivity index (χ0) is 9.68. The Labute approximate surface area is 80.3 Å². The highest BCUT2D eigenvalue weighted by Gasteiger charge is 2.24. The van der Waals surface area contributed by atoms with Crippen LogP contribution in [0.2, 0.25) is 0 Å². The molecule has 1 aliphatic rings. The molecule has 1 saturated carbocycles. The van der Waals surface area contributed by atoms with E-state index in [-0.39, 0.29) is 0 Å². The number of nitriles is 1. The van der Waals surface area contributed by atoms with Crippen LogP contribution in [0.3, 0.4) is 0 Å². The topological polar surface area (TPSA) is 36.3 Å². The van der Waals surface area contributed by atoms with Crippen molar-refractivity contribution in [3.63, 3.8) is 0 Å². The smallest absolute Gasteiger partial charge is 0.0865 e. The van der Waals surface area contributed by atoms with Crippen LogP contribution in [0.4, 0.5) is 0 Å². The molecule has 0 aromatic rings. The minimum absolute atomic E-state index is 0.403. The number of ether oxygens (including phenoxy) is 1. The van der Waals surface area contributed by atoms with Gasteiger partial charge in [-0.15, -0.1) is 0 Å². The molecule has 1 fully saturated rings. The second-order valence-electron chi connectivity index (χ2n) is 3.75. The van der Waals surface area contributed by atoms with E-state index in [0.29, 0.717) is 18.7 Å². The number of hydrogen-bond acceptors (Lipinski definition) is 3. The van der Waals surface area contributed by atoms with Crippen LogP contribution >= 0.6 is 0 Å². The van der Waals surface area contributed by atoms with E-state index in [9.17, 15) is 0 Å². The molecule has 0 spiro atoms. The quantitative estimate of drug-likeness (QED) is 0.619. The summed E-state index contributed by atoms with van der Waals surface area (Å²) < 4.78 is 5.34. The Morgan fingerprint density at radius 2 is 2.31 bits per heavy atom. The lowest BCUT2D eigenvalue weighted by atomic mass is 9.92. The van der Waals surface area contributed by atoms with E-state index in [1.807, 2.05) is 7.05 Å². The molecule has 0 amide bonds. The maximum absolute atomic E-state index is 8.57. The summed E-state index contributed by atoms with van der Waals surface area (Å²) in [7, 11) is 3.79. The fraction of sp³-hybridized carbons (Fsp3) is 0.900. The van der Waals surface area contributed by atoms with Crippen molar-refractivity contribution in [2.75, 3.05) is 20.7 Å². The Morgan fingerprint density at radius 3 is 2.92 bits per heavy atom. The van der Waals surface area contributed by atoms with Crippen molar-refractivity contribution >= 4 is 0 Å². The first-order valence-electron chi connectivity index (χ1n) is 4.88. The van der Waals surface area contributed by atoms with Crippen molar-refractivity contribution in [3.8, 4) is 6.07 Å². The molecule has 1 aliphatic carbocycles. The van der Waals surface area contributed by atoms with Crippen LogP contribution < -0.4 is 0 Å². The van der Waals surface area contributed by atoms with Crippen LogP contribution in [0.5, 0.6) is 0 Å². The molecule has 0 aliphatic heterocycles. The Bertz CT molecular complexity index is 188. The largest absolute Gasteiger partial charge is 0.381 e. The summed E-state index contributed by atoms with van der Waals surface area (Å²) in [5.74, 6) is 0. The van der Waals surface area contributed by atoms with Gasteiger partial charge in [-0.25, -0.2) is 0 Å². The number of methoxy groups -OCH3 is 1.